The van der Waals surface area contributed by atoms with Gasteiger partial charge in [-0.1, -0.05) is 30.0 Å². The Kier molecular flexibility index (Phi) is 6.31. The lowest BCUT2D eigenvalue weighted by Gasteiger charge is -2.30. The second-order valence-electron chi connectivity index (χ2n) is 5.67. The Hall–Kier alpha value is -1.87. The second kappa shape index (κ2) is 8.68. The fraction of sp³-hybridized carbons (Fsp3) is 0.211. The Morgan fingerprint density at radius 3 is 2.58 bits per heavy atom. The van der Waals surface area contributed by atoms with Gasteiger partial charge in [0, 0.05) is 22.2 Å². The molecule has 0 aromatic heterocycles. The smallest absolute Gasteiger partial charge is 0.238 e. The van der Waals surface area contributed by atoms with Crippen LogP contribution in [0.4, 0.5) is 11.4 Å². The Morgan fingerprint density at radius 2 is 1.92 bits per heavy atom. The van der Waals surface area contributed by atoms with E-state index in [0.717, 1.165) is 14.9 Å². The standard InChI is InChI=1S/C19H18IN3O2S/c1-2-23-17(24)12-16(18(25)21-14-6-4-3-5-7-14)26-19(23)22-15-10-8-13(20)9-11-15/h3-11,16H,2,12H2,1H3,(H,21,25). The molecule has 1 N–H and O–H groups in total. The van der Waals surface area contributed by atoms with Gasteiger partial charge >= 0.3 is 0 Å². The van der Waals surface area contributed by atoms with E-state index in [2.05, 4.69) is 32.9 Å². The highest BCUT2D eigenvalue weighted by Gasteiger charge is 2.35. The van der Waals surface area contributed by atoms with E-state index < -0.39 is 5.25 Å². The van der Waals surface area contributed by atoms with Gasteiger partial charge in [-0.25, -0.2) is 4.99 Å². The SMILES string of the molecule is CCN1C(=O)CC(C(=O)Nc2ccccc2)SC1=Nc1ccc(I)cc1. The zero-order valence-corrected chi connectivity index (χ0v) is 17.2. The van der Waals surface area contributed by atoms with Gasteiger partial charge in [-0.05, 0) is 65.9 Å². The van der Waals surface area contributed by atoms with Crippen molar-refractivity contribution in [2.24, 2.45) is 4.99 Å². The van der Waals surface area contributed by atoms with Crippen LogP contribution in [-0.2, 0) is 9.59 Å². The number of hydrogen-bond donors (Lipinski definition) is 1. The Labute approximate surface area is 170 Å². The molecular formula is C19H18IN3O2S. The molecule has 7 heteroatoms. The van der Waals surface area contributed by atoms with Crippen molar-refractivity contribution in [2.75, 3.05) is 11.9 Å². The first-order chi connectivity index (χ1) is 12.6. The molecule has 26 heavy (non-hydrogen) atoms. The van der Waals surface area contributed by atoms with E-state index in [9.17, 15) is 9.59 Å². The number of carbonyl (C=O) groups excluding carboxylic acids is 2. The third-order valence-electron chi connectivity index (χ3n) is 3.84. The van der Waals surface area contributed by atoms with Gasteiger partial charge in [0.2, 0.25) is 11.8 Å². The fourth-order valence-electron chi connectivity index (χ4n) is 2.52. The van der Waals surface area contributed by atoms with E-state index >= 15 is 0 Å². The molecule has 0 saturated carbocycles. The summed E-state index contributed by atoms with van der Waals surface area (Å²) >= 11 is 3.57. The first kappa shape index (κ1) is 18.9. The van der Waals surface area contributed by atoms with Crippen LogP contribution in [0.2, 0.25) is 0 Å². The number of halogens is 1. The molecule has 1 atom stereocenters. The van der Waals surface area contributed by atoms with Crippen LogP contribution >= 0.6 is 34.4 Å². The number of nitrogens with zero attached hydrogens (tertiary/aromatic N) is 2. The van der Waals surface area contributed by atoms with Crippen molar-refractivity contribution in [2.45, 2.75) is 18.6 Å². The third kappa shape index (κ3) is 4.64. The first-order valence-electron chi connectivity index (χ1n) is 8.24. The minimum Gasteiger partial charge on any atom is -0.325 e. The number of aliphatic imine (C=N–C) groups is 1. The van der Waals surface area contributed by atoms with Gasteiger partial charge in [-0.15, -0.1) is 0 Å². The second-order valence-corrected chi connectivity index (χ2v) is 8.09. The van der Waals surface area contributed by atoms with Crippen LogP contribution < -0.4 is 5.32 Å². The first-order valence-corrected chi connectivity index (χ1v) is 10.2. The van der Waals surface area contributed by atoms with Crippen LogP contribution in [0, 0.1) is 3.57 Å². The van der Waals surface area contributed by atoms with Crippen LogP contribution in [0.25, 0.3) is 0 Å². The molecule has 0 radical (unpaired) electrons. The number of benzene rings is 2. The average molecular weight is 479 g/mol. The summed E-state index contributed by atoms with van der Waals surface area (Å²) in [6.07, 6.45) is 0.170. The summed E-state index contributed by atoms with van der Waals surface area (Å²) in [6.45, 7) is 2.44. The maximum Gasteiger partial charge on any atom is 0.238 e. The van der Waals surface area contributed by atoms with Crippen molar-refractivity contribution >= 4 is 62.7 Å². The predicted molar refractivity (Wildman–Crippen MR) is 115 cm³/mol. The minimum absolute atomic E-state index is 0.0799. The van der Waals surface area contributed by atoms with Crippen molar-refractivity contribution in [1.29, 1.82) is 0 Å². The van der Waals surface area contributed by atoms with Crippen LogP contribution in [0.3, 0.4) is 0 Å². The highest BCUT2D eigenvalue weighted by molar-refractivity contribution is 14.1. The van der Waals surface area contributed by atoms with Crippen molar-refractivity contribution in [3.63, 3.8) is 0 Å². The lowest BCUT2D eigenvalue weighted by atomic mass is 10.2. The monoisotopic (exact) mass is 479 g/mol. The number of rotatable bonds is 4. The van der Waals surface area contributed by atoms with Gasteiger partial charge in [-0.3, -0.25) is 14.5 Å². The van der Waals surface area contributed by atoms with Gasteiger partial charge in [0.05, 0.1) is 5.69 Å². The van der Waals surface area contributed by atoms with Gasteiger partial charge in [0.15, 0.2) is 5.17 Å². The largest absolute Gasteiger partial charge is 0.325 e. The van der Waals surface area contributed by atoms with Gasteiger partial charge in [-0.2, -0.15) is 0 Å². The van der Waals surface area contributed by atoms with Gasteiger partial charge in [0.1, 0.15) is 5.25 Å². The van der Waals surface area contributed by atoms with E-state index in [4.69, 9.17) is 0 Å². The van der Waals surface area contributed by atoms with Gasteiger partial charge < -0.3 is 5.32 Å². The zero-order chi connectivity index (χ0) is 18.5. The highest BCUT2D eigenvalue weighted by Crippen LogP contribution is 2.29. The predicted octanol–water partition coefficient (Wildman–Crippen LogP) is 4.27. The average Bonchev–Trinajstić information content (AvgIpc) is 2.64. The maximum absolute atomic E-state index is 12.6. The van der Waals surface area contributed by atoms with Crippen LogP contribution in [0.1, 0.15) is 13.3 Å². The summed E-state index contributed by atoms with van der Waals surface area (Å²) < 4.78 is 1.12. The van der Waals surface area contributed by atoms with E-state index in [1.54, 1.807) is 4.90 Å². The zero-order valence-electron chi connectivity index (χ0n) is 14.2. The summed E-state index contributed by atoms with van der Waals surface area (Å²) in [5.41, 5.74) is 1.49. The lowest BCUT2D eigenvalue weighted by molar-refractivity contribution is -0.129. The number of thioether (sulfide) groups is 1. The molecule has 0 bridgehead atoms. The number of nitrogens with one attached hydrogen (secondary N) is 1. The molecule has 1 unspecified atom stereocenters. The molecule has 1 aliphatic heterocycles. The molecule has 0 aliphatic carbocycles. The Balaban J connectivity index is 1.80. The van der Waals surface area contributed by atoms with E-state index in [0.29, 0.717) is 11.7 Å². The molecule has 2 aromatic rings. The molecular weight excluding hydrogens is 461 g/mol. The Bertz CT molecular complexity index is 824. The molecule has 1 heterocycles. The molecule has 2 aromatic carbocycles. The van der Waals surface area contributed by atoms with Crippen molar-refractivity contribution < 1.29 is 9.59 Å². The minimum atomic E-state index is -0.492. The molecule has 134 valence electrons. The molecule has 0 spiro atoms. The number of hydrogen-bond acceptors (Lipinski definition) is 4. The molecule has 1 aliphatic rings. The van der Waals surface area contributed by atoms with Crippen LogP contribution in [-0.4, -0.2) is 33.7 Å². The number of amides is 2. The van der Waals surface area contributed by atoms with Crippen molar-refractivity contribution in [1.82, 2.24) is 4.90 Å². The van der Waals surface area contributed by atoms with Crippen LogP contribution in [0.15, 0.2) is 59.6 Å². The quantitative estimate of drug-likeness (QED) is 0.667. The lowest BCUT2D eigenvalue weighted by Crippen LogP contribution is -2.45. The summed E-state index contributed by atoms with van der Waals surface area (Å²) in [5, 5.41) is 2.95. The summed E-state index contributed by atoms with van der Waals surface area (Å²) in [7, 11) is 0. The third-order valence-corrected chi connectivity index (χ3v) is 5.75. The number of anilines is 1. The maximum atomic E-state index is 12.6. The number of para-hydroxylation sites is 1. The summed E-state index contributed by atoms with van der Waals surface area (Å²) in [6, 6.07) is 17.0. The van der Waals surface area contributed by atoms with Gasteiger partial charge in [0.25, 0.3) is 0 Å². The van der Waals surface area contributed by atoms with E-state index in [1.807, 2.05) is 61.5 Å². The molecule has 2 amide bonds. The number of amidine groups is 1. The van der Waals surface area contributed by atoms with E-state index in [-0.39, 0.29) is 18.2 Å². The van der Waals surface area contributed by atoms with Crippen molar-refractivity contribution in [3.8, 4) is 0 Å². The van der Waals surface area contributed by atoms with E-state index in [1.165, 1.54) is 11.8 Å². The number of carbonyl (C=O) groups is 2. The molecule has 1 fully saturated rings. The van der Waals surface area contributed by atoms with Crippen molar-refractivity contribution in [3.05, 3.63) is 58.2 Å². The highest BCUT2D eigenvalue weighted by atomic mass is 127. The molecule has 5 nitrogen and oxygen atoms in total. The summed E-state index contributed by atoms with van der Waals surface area (Å²) in [4.78, 5) is 31.3. The topological polar surface area (TPSA) is 61.8 Å². The van der Waals surface area contributed by atoms with Crippen LogP contribution in [0.5, 0.6) is 0 Å². The molecule has 1 saturated heterocycles. The normalized spacial score (nSPS) is 18.8. The summed E-state index contributed by atoms with van der Waals surface area (Å²) in [5.74, 6) is -0.260. The fourth-order valence-corrected chi connectivity index (χ4v) is 4.05. The Morgan fingerprint density at radius 1 is 1.23 bits per heavy atom. The molecule has 3 rings (SSSR count).